The van der Waals surface area contributed by atoms with Crippen LogP contribution in [0, 0.1) is 0 Å². The van der Waals surface area contributed by atoms with Crippen molar-refractivity contribution in [3.05, 3.63) is 54.6 Å². The summed E-state index contributed by atoms with van der Waals surface area (Å²) in [6.45, 7) is 0. The first-order valence-electron chi connectivity index (χ1n) is 8.01. The summed E-state index contributed by atoms with van der Waals surface area (Å²) in [6, 6.07) is 14.2. The molecule has 3 aromatic rings. The lowest BCUT2D eigenvalue weighted by atomic mass is 10.1. The van der Waals surface area contributed by atoms with Crippen molar-refractivity contribution in [2.45, 2.75) is 9.92 Å². The minimum atomic E-state index is -3.56. The molecule has 0 unspecified atom stereocenters. The Hall–Kier alpha value is -2.98. The van der Waals surface area contributed by atoms with Crippen molar-refractivity contribution in [1.29, 1.82) is 0 Å². The number of aromatic nitrogens is 2. The fraction of sp³-hybridized carbons (Fsp3) is 0.111. The first kappa shape index (κ1) is 19.8. The minimum absolute atomic E-state index is 0.107. The van der Waals surface area contributed by atoms with Crippen LogP contribution in [-0.4, -0.2) is 45.5 Å². The second-order valence-corrected chi connectivity index (χ2v) is 10.1. The summed E-state index contributed by atoms with van der Waals surface area (Å²) in [6.07, 6.45) is 2.73. The summed E-state index contributed by atoms with van der Waals surface area (Å²) in [7, 11) is -6.90. The lowest BCUT2D eigenvalue weighted by Crippen LogP contribution is -2.03. The summed E-state index contributed by atoms with van der Waals surface area (Å²) in [5, 5.41) is 6.61. The molecule has 0 spiro atoms. The Morgan fingerprint density at radius 3 is 2.00 bits per heavy atom. The number of hydrogen-bond acceptors (Lipinski definition) is 6. The summed E-state index contributed by atoms with van der Waals surface area (Å²) >= 11 is 0. The van der Waals surface area contributed by atoms with Crippen LogP contribution in [0.4, 0.5) is 5.69 Å². The number of nitrogens with zero attached hydrogens (tertiary/aromatic N) is 2. The fourth-order valence-corrected chi connectivity index (χ4v) is 3.77. The maximum atomic E-state index is 12.0. The largest absolute Gasteiger partial charge is 0.329 e. The first-order chi connectivity index (χ1) is 13.1. The number of sulfone groups is 2. The van der Waals surface area contributed by atoms with Gasteiger partial charge in [0.15, 0.2) is 24.7 Å². The molecule has 1 heterocycles. The van der Waals surface area contributed by atoms with Crippen LogP contribution in [0.2, 0.25) is 0 Å². The zero-order valence-corrected chi connectivity index (χ0v) is 16.7. The normalized spacial score (nSPS) is 11.9. The van der Waals surface area contributed by atoms with Gasteiger partial charge in [-0.1, -0.05) is 12.1 Å². The van der Waals surface area contributed by atoms with Crippen molar-refractivity contribution in [2.75, 3.05) is 17.8 Å². The van der Waals surface area contributed by atoms with Crippen LogP contribution in [0.25, 0.3) is 16.9 Å². The third-order valence-electron chi connectivity index (χ3n) is 3.98. The topological polar surface area (TPSA) is 115 Å². The molecule has 0 radical (unpaired) electrons. The molecular formula is C18H17N3O5S2. The third-order valence-corrected chi connectivity index (χ3v) is 6.07. The van der Waals surface area contributed by atoms with Crippen LogP contribution in [0.1, 0.15) is 0 Å². The Labute approximate surface area is 162 Å². The second-order valence-electron chi connectivity index (χ2n) is 6.16. The molecule has 1 N–H and O–H groups in total. The number of anilines is 1. The zero-order chi connectivity index (χ0) is 20.5. The monoisotopic (exact) mass is 419 g/mol. The van der Waals surface area contributed by atoms with E-state index in [-0.39, 0.29) is 9.92 Å². The second kappa shape index (κ2) is 7.21. The molecule has 0 aliphatic heterocycles. The van der Waals surface area contributed by atoms with Crippen molar-refractivity contribution >= 4 is 31.8 Å². The highest BCUT2D eigenvalue weighted by Crippen LogP contribution is 2.27. The maximum Gasteiger partial charge on any atom is 0.211 e. The molecule has 0 saturated heterocycles. The lowest BCUT2D eigenvalue weighted by Gasteiger charge is -2.09. The van der Waals surface area contributed by atoms with Gasteiger partial charge >= 0.3 is 0 Å². The van der Waals surface area contributed by atoms with Gasteiger partial charge in [-0.05, 0) is 36.4 Å². The van der Waals surface area contributed by atoms with Gasteiger partial charge in [0.05, 0.1) is 16.3 Å². The quantitative estimate of drug-likeness (QED) is 0.610. The zero-order valence-electron chi connectivity index (χ0n) is 15.0. The average molecular weight is 419 g/mol. The average Bonchev–Trinajstić information content (AvgIpc) is 3.08. The van der Waals surface area contributed by atoms with Gasteiger partial charge in [-0.15, -0.1) is 0 Å². The predicted octanol–water partition coefficient (Wildman–Crippen LogP) is 1.91. The minimum Gasteiger partial charge on any atom is -0.329 e. The summed E-state index contributed by atoms with van der Waals surface area (Å²) < 4.78 is 48.7. The molecule has 10 heteroatoms. The van der Waals surface area contributed by atoms with Gasteiger partial charge in [-0.2, -0.15) is 5.10 Å². The van der Waals surface area contributed by atoms with E-state index >= 15 is 0 Å². The van der Waals surface area contributed by atoms with E-state index in [1.54, 1.807) is 36.4 Å². The molecule has 8 nitrogen and oxygen atoms in total. The molecule has 0 saturated carbocycles. The highest BCUT2D eigenvalue weighted by Gasteiger charge is 2.18. The summed E-state index contributed by atoms with van der Waals surface area (Å²) in [4.78, 5) is 10.7. The van der Waals surface area contributed by atoms with E-state index in [4.69, 9.17) is 0 Å². The molecule has 0 bridgehead atoms. The van der Waals surface area contributed by atoms with Gasteiger partial charge < -0.3 is 5.32 Å². The van der Waals surface area contributed by atoms with Gasteiger partial charge in [0.2, 0.25) is 6.41 Å². The Morgan fingerprint density at radius 2 is 1.50 bits per heavy atom. The molecule has 28 heavy (non-hydrogen) atoms. The van der Waals surface area contributed by atoms with Crippen LogP contribution < -0.4 is 5.32 Å². The number of nitrogens with one attached hydrogen (secondary N) is 1. The predicted molar refractivity (Wildman–Crippen MR) is 105 cm³/mol. The number of carbonyl (C=O) groups excluding carboxylic acids is 1. The number of hydrogen-bond donors (Lipinski definition) is 1. The van der Waals surface area contributed by atoms with E-state index < -0.39 is 19.7 Å². The van der Waals surface area contributed by atoms with Gasteiger partial charge in [0.25, 0.3) is 0 Å². The number of benzene rings is 2. The number of rotatable bonds is 6. The van der Waals surface area contributed by atoms with E-state index in [0.717, 1.165) is 12.5 Å². The van der Waals surface area contributed by atoms with Crippen LogP contribution >= 0.6 is 0 Å². The van der Waals surface area contributed by atoms with Crippen LogP contribution in [0.3, 0.4) is 0 Å². The maximum absolute atomic E-state index is 12.0. The van der Waals surface area contributed by atoms with E-state index in [9.17, 15) is 21.6 Å². The van der Waals surface area contributed by atoms with Gasteiger partial charge in [-0.3, -0.25) is 4.79 Å². The Bertz CT molecular complexity index is 1230. The molecule has 1 amide bonds. The van der Waals surface area contributed by atoms with Gasteiger partial charge in [0, 0.05) is 29.8 Å². The van der Waals surface area contributed by atoms with E-state index in [1.165, 1.54) is 22.9 Å². The van der Waals surface area contributed by atoms with Crippen molar-refractivity contribution in [3.8, 4) is 16.9 Å². The number of carbonyl (C=O) groups is 1. The van der Waals surface area contributed by atoms with Gasteiger partial charge in [0.1, 0.15) is 0 Å². The lowest BCUT2D eigenvalue weighted by molar-refractivity contribution is -0.105. The molecule has 0 aliphatic rings. The van der Waals surface area contributed by atoms with Crippen LogP contribution in [-0.2, 0) is 24.5 Å². The first-order valence-corrected chi connectivity index (χ1v) is 11.8. The molecule has 0 fully saturated rings. The molecule has 0 aliphatic carbocycles. The number of amides is 1. The summed E-state index contributed by atoms with van der Waals surface area (Å²) in [5.41, 5.74) is 2.24. The Kier molecular flexibility index (Phi) is 5.09. The molecule has 2 aromatic carbocycles. The molecule has 146 valence electrons. The van der Waals surface area contributed by atoms with Crippen molar-refractivity contribution in [2.24, 2.45) is 0 Å². The van der Waals surface area contributed by atoms with Crippen LogP contribution in [0.5, 0.6) is 0 Å². The molecule has 0 atom stereocenters. The highest BCUT2D eigenvalue weighted by atomic mass is 32.2. The van der Waals surface area contributed by atoms with Crippen molar-refractivity contribution in [3.63, 3.8) is 0 Å². The molecule has 3 rings (SSSR count). The Morgan fingerprint density at radius 1 is 0.893 bits per heavy atom. The van der Waals surface area contributed by atoms with E-state index in [2.05, 4.69) is 10.4 Å². The fourth-order valence-electron chi connectivity index (χ4n) is 2.58. The van der Waals surface area contributed by atoms with E-state index in [0.29, 0.717) is 29.0 Å². The van der Waals surface area contributed by atoms with Crippen LogP contribution in [0.15, 0.2) is 64.5 Å². The highest BCUT2D eigenvalue weighted by molar-refractivity contribution is 7.91. The third kappa shape index (κ3) is 4.12. The molecule has 1 aromatic heterocycles. The Balaban J connectivity index is 2.14. The van der Waals surface area contributed by atoms with Crippen molar-refractivity contribution < 1.29 is 21.6 Å². The molecular weight excluding hydrogens is 402 g/mol. The summed E-state index contributed by atoms with van der Waals surface area (Å²) in [5.74, 6) is 0. The SMILES string of the molecule is CS(=O)(=O)c1ccc(-c2cc(S(C)(=O)=O)nn2-c2ccc(NC=O)cc2)cc1. The van der Waals surface area contributed by atoms with Gasteiger partial charge in [-0.25, -0.2) is 21.5 Å². The smallest absolute Gasteiger partial charge is 0.211 e. The standard InChI is InChI=1S/C18H17N3O5S2/c1-27(23,24)16-9-3-13(4-10-16)17-11-18(28(2,25)26)20-21(17)15-7-5-14(6-8-15)19-12-22/h3-12H,1-2H3,(H,19,22). The van der Waals surface area contributed by atoms with Crippen molar-refractivity contribution in [1.82, 2.24) is 9.78 Å². The van der Waals surface area contributed by atoms with E-state index in [1.807, 2.05) is 0 Å².